The van der Waals surface area contributed by atoms with Gasteiger partial charge in [0.05, 0.1) is 0 Å². The van der Waals surface area contributed by atoms with Gasteiger partial charge in [-0.1, -0.05) is 18.2 Å². The summed E-state index contributed by atoms with van der Waals surface area (Å²) in [6, 6.07) is 7.52. The van der Waals surface area contributed by atoms with Crippen LogP contribution in [0, 0.1) is 0 Å². The predicted molar refractivity (Wildman–Crippen MR) is 82.3 cm³/mol. The highest BCUT2D eigenvalue weighted by Crippen LogP contribution is 2.14. The average molecular weight is 276 g/mol. The van der Waals surface area contributed by atoms with Gasteiger partial charge in [-0.3, -0.25) is 0 Å². The minimum Gasteiger partial charge on any atom is -0.444 e. The van der Waals surface area contributed by atoms with Crippen LogP contribution in [0.15, 0.2) is 36.9 Å². The molecule has 110 valence electrons. The van der Waals surface area contributed by atoms with Crippen LogP contribution in [0.1, 0.15) is 32.8 Å². The van der Waals surface area contributed by atoms with Gasteiger partial charge in [-0.05, 0) is 44.9 Å². The molecule has 0 aromatic heterocycles. The van der Waals surface area contributed by atoms with Gasteiger partial charge in [-0.2, -0.15) is 0 Å². The number of ether oxygens (including phenoxy) is 1. The molecule has 20 heavy (non-hydrogen) atoms. The van der Waals surface area contributed by atoms with Gasteiger partial charge in [0.25, 0.3) is 0 Å². The number of carbonyl (C=O) groups is 1. The monoisotopic (exact) mass is 276 g/mol. The van der Waals surface area contributed by atoms with Crippen molar-refractivity contribution in [3.63, 3.8) is 0 Å². The molecule has 0 heterocycles. The first-order chi connectivity index (χ1) is 9.31. The Kier molecular flexibility index (Phi) is 5.62. The van der Waals surface area contributed by atoms with Gasteiger partial charge in [0, 0.05) is 18.8 Å². The molecule has 4 heteroatoms. The van der Waals surface area contributed by atoms with Crippen LogP contribution in [-0.4, -0.2) is 23.1 Å². The zero-order valence-corrected chi connectivity index (χ0v) is 12.6. The second-order valence-corrected chi connectivity index (χ2v) is 5.72. The van der Waals surface area contributed by atoms with E-state index in [0.29, 0.717) is 18.8 Å². The molecule has 1 aromatic rings. The molecular formula is C16H24N2O2. The lowest BCUT2D eigenvalue weighted by atomic mass is 10.2. The van der Waals surface area contributed by atoms with Gasteiger partial charge < -0.3 is 15.4 Å². The van der Waals surface area contributed by atoms with E-state index in [1.807, 2.05) is 45.0 Å². The Morgan fingerprint density at radius 1 is 1.45 bits per heavy atom. The average Bonchev–Trinajstić information content (AvgIpc) is 2.32. The van der Waals surface area contributed by atoms with Crippen LogP contribution in [-0.2, 0) is 11.3 Å². The molecule has 0 spiro atoms. The Bertz CT molecular complexity index is 464. The molecule has 2 N–H and O–H groups in total. The van der Waals surface area contributed by atoms with Gasteiger partial charge in [0.2, 0.25) is 0 Å². The highest BCUT2D eigenvalue weighted by atomic mass is 16.6. The van der Waals surface area contributed by atoms with Crippen molar-refractivity contribution in [1.29, 1.82) is 0 Å². The fourth-order valence-electron chi connectivity index (χ4n) is 1.72. The molecule has 0 unspecified atom stereocenters. The molecular weight excluding hydrogens is 252 g/mol. The SMILES string of the molecule is C=CCCN(Cc1cccc(N)c1)C(=O)OC(C)(C)C. The van der Waals surface area contributed by atoms with E-state index in [4.69, 9.17) is 10.5 Å². The molecule has 1 amide bonds. The molecule has 0 aliphatic carbocycles. The van der Waals surface area contributed by atoms with Crippen molar-refractivity contribution in [3.8, 4) is 0 Å². The summed E-state index contributed by atoms with van der Waals surface area (Å²) in [6.45, 7) is 10.3. The smallest absolute Gasteiger partial charge is 0.410 e. The highest BCUT2D eigenvalue weighted by molar-refractivity contribution is 5.68. The molecule has 0 fully saturated rings. The Hall–Kier alpha value is -1.97. The largest absolute Gasteiger partial charge is 0.444 e. The number of amides is 1. The summed E-state index contributed by atoms with van der Waals surface area (Å²) in [5.41, 5.74) is 6.94. The zero-order chi connectivity index (χ0) is 15.2. The molecule has 0 aliphatic rings. The third-order valence-electron chi connectivity index (χ3n) is 2.58. The van der Waals surface area contributed by atoms with Crippen LogP contribution < -0.4 is 5.73 Å². The Morgan fingerprint density at radius 2 is 2.15 bits per heavy atom. The van der Waals surface area contributed by atoms with Gasteiger partial charge in [-0.25, -0.2) is 4.79 Å². The quantitative estimate of drug-likeness (QED) is 0.660. The van der Waals surface area contributed by atoms with Crippen molar-refractivity contribution < 1.29 is 9.53 Å². The molecule has 1 aromatic carbocycles. The summed E-state index contributed by atoms with van der Waals surface area (Å²) in [7, 11) is 0. The zero-order valence-electron chi connectivity index (χ0n) is 12.6. The third kappa shape index (κ3) is 5.78. The fourth-order valence-corrected chi connectivity index (χ4v) is 1.72. The lowest BCUT2D eigenvalue weighted by Gasteiger charge is -2.27. The van der Waals surface area contributed by atoms with Gasteiger partial charge in [-0.15, -0.1) is 6.58 Å². The van der Waals surface area contributed by atoms with E-state index in [1.165, 1.54) is 0 Å². The Labute approximate surface area is 121 Å². The van der Waals surface area contributed by atoms with Crippen molar-refractivity contribution in [3.05, 3.63) is 42.5 Å². The topological polar surface area (TPSA) is 55.6 Å². The van der Waals surface area contributed by atoms with E-state index in [9.17, 15) is 4.79 Å². The van der Waals surface area contributed by atoms with Crippen molar-refractivity contribution in [2.75, 3.05) is 12.3 Å². The van der Waals surface area contributed by atoms with E-state index in [-0.39, 0.29) is 6.09 Å². The van der Waals surface area contributed by atoms with Crippen LogP contribution in [0.2, 0.25) is 0 Å². The van der Waals surface area contributed by atoms with Crippen LogP contribution in [0.3, 0.4) is 0 Å². The van der Waals surface area contributed by atoms with E-state index < -0.39 is 5.60 Å². The Balaban J connectivity index is 2.78. The van der Waals surface area contributed by atoms with Crippen LogP contribution >= 0.6 is 0 Å². The first-order valence-electron chi connectivity index (χ1n) is 6.75. The molecule has 1 rings (SSSR count). The number of carbonyl (C=O) groups excluding carboxylic acids is 1. The van der Waals surface area contributed by atoms with Crippen LogP contribution in [0.5, 0.6) is 0 Å². The number of rotatable bonds is 5. The van der Waals surface area contributed by atoms with E-state index >= 15 is 0 Å². The lowest BCUT2D eigenvalue weighted by Crippen LogP contribution is -2.37. The molecule has 0 bridgehead atoms. The summed E-state index contributed by atoms with van der Waals surface area (Å²) in [5.74, 6) is 0. The fraction of sp³-hybridized carbons (Fsp3) is 0.438. The minimum atomic E-state index is -0.501. The number of anilines is 1. The van der Waals surface area contributed by atoms with E-state index in [2.05, 4.69) is 6.58 Å². The maximum Gasteiger partial charge on any atom is 0.410 e. The summed E-state index contributed by atoms with van der Waals surface area (Å²) in [4.78, 5) is 13.9. The first kappa shape index (κ1) is 16.1. The van der Waals surface area contributed by atoms with Crippen molar-refractivity contribution >= 4 is 11.8 Å². The van der Waals surface area contributed by atoms with Crippen molar-refractivity contribution in [1.82, 2.24) is 4.90 Å². The third-order valence-corrected chi connectivity index (χ3v) is 2.58. The molecule has 0 aliphatic heterocycles. The molecule has 0 saturated carbocycles. The number of nitrogens with zero attached hydrogens (tertiary/aromatic N) is 1. The summed E-state index contributed by atoms with van der Waals surface area (Å²) in [5, 5.41) is 0. The highest BCUT2D eigenvalue weighted by Gasteiger charge is 2.21. The summed E-state index contributed by atoms with van der Waals surface area (Å²) < 4.78 is 5.42. The number of nitrogen functional groups attached to an aromatic ring is 1. The van der Waals surface area contributed by atoms with Gasteiger partial charge >= 0.3 is 6.09 Å². The van der Waals surface area contributed by atoms with Crippen molar-refractivity contribution in [2.24, 2.45) is 0 Å². The van der Waals surface area contributed by atoms with Crippen LogP contribution in [0.25, 0.3) is 0 Å². The molecule has 0 saturated heterocycles. The minimum absolute atomic E-state index is 0.318. The first-order valence-corrected chi connectivity index (χ1v) is 6.75. The number of nitrogens with two attached hydrogens (primary N) is 1. The van der Waals surface area contributed by atoms with Gasteiger partial charge in [0.15, 0.2) is 0 Å². The van der Waals surface area contributed by atoms with Crippen LogP contribution in [0.4, 0.5) is 10.5 Å². The Morgan fingerprint density at radius 3 is 2.70 bits per heavy atom. The van der Waals surface area contributed by atoms with E-state index in [1.54, 1.807) is 11.0 Å². The number of benzene rings is 1. The molecule has 0 radical (unpaired) electrons. The second kappa shape index (κ2) is 6.98. The molecule has 4 nitrogen and oxygen atoms in total. The maximum atomic E-state index is 12.2. The second-order valence-electron chi connectivity index (χ2n) is 5.72. The van der Waals surface area contributed by atoms with Gasteiger partial charge in [0.1, 0.15) is 5.60 Å². The summed E-state index contributed by atoms with van der Waals surface area (Å²) >= 11 is 0. The lowest BCUT2D eigenvalue weighted by molar-refractivity contribution is 0.0237. The van der Waals surface area contributed by atoms with Crippen molar-refractivity contribution in [2.45, 2.75) is 39.3 Å². The normalized spacial score (nSPS) is 10.9. The standard InChI is InChI=1S/C16H24N2O2/c1-5-6-10-18(15(19)20-16(2,3)4)12-13-8-7-9-14(17)11-13/h5,7-9,11H,1,6,10,12,17H2,2-4H3. The number of hydrogen-bond donors (Lipinski definition) is 1. The van der Waals surface area contributed by atoms with E-state index in [0.717, 1.165) is 12.0 Å². The predicted octanol–water partition coefficient (Wildman–Crippen LogP) is 3.58. The molecule has 0 atom stereocenters. The number of hydrogen-bond acceptors (Lipinski definition) is 3. The maximum absolute atomic E-state index is 12.2. The summed E-state index contributed by atoms with van der Waals surface area (Å²) in [6.07, 6.45) is 2.19.